The summed E-state index contributed by atoms with van der Waals surface area (Å²) in [6, 6.07) is 12.6. The van der Waals surface area contributed by atoms with Crippen molar-refractivity contribution in [3.8, 4) is 11.6 Å². The summed E-state index contributed by atoms with van der Waals surface area (Å²) in [7, 11) is 0. The third kappa shape index (κ3) is 2.98. The van der Waals surface area contributed by atoms with Crippen LogP contribution in [0.5, 0.6) is 11.6 Å². The van der Waals surface area contributed by atoms with E-state index in [9.17, 15) is 4.79 Å². The van der Waals surface area contributed by atoms with E-state index in [1.807, 2.05) is 12.1 Å². The number of pyridine rings is 1. The zero-order chi connectivity index (χ0) is 18.4. The van der Waals surface area contributed by atoms with E-state index < -0.39 is 0 Å². The van der Waals surface area contributed by atoms with Crippen molar-refractivity contribution in [2.45, 2.75) is 31.2 Å². The Hall–Kier alpha value is -2.80. The van der Waals surface area contributed by atoms with Crippen LogP contribution in [0.25, 0.3) is 0 Å². The molecule has 2 saturated heterocycles. The number of urea groups is 1. The van der Waals surface area contributed by atoms with Crippen molar-refractivity contribution >= 4 is 6.03 Å². The van der Waals surface area contributed by atoms with Crippen LogP contribution in [-0.2, 0) is 6.54 Å². The van der Waals surface area contributed by atoms with Gasteiger partial charge in [-0.25, -0.2) is 9.78 Å². The predicted molar refractivity (Wildman–Crippen MR) is 98.4 cm³/mol. The summed E-state index contributed by atoms with van der Waals surface area (Å²) in [6.07, 6.45) is 2.59. The first-order chi connectivity index (χ1) is 13.2. The number of amides is 2. The van der Waals surface area contributed by atoms with Crippen LogP contribution in [0.1, 0.15) is 23.7 Å². The Labute approximate surface area is 157 Å². The molecule has 0 saturated carbocycles. The number of piperazine rings is 1. The van der Waals surface area contributed by atoms with Crippen LogP contribution in [0.3, 0.4) is 0 Å². The highest BCUT2D eigenvalue weighted by Gasteiger charge is 2.44. The van der Waals surface area contributed by atoms with Gasteiger partial charge in [0.2, 0.25) is 0 Å². The normalized spacial score (nSPS) is 26.4. The maximum atomic E-state index is 11.4. The number of fused-ring (bicyclic) bond motifs is 3. The second-order valence-corrected chi connectivity index (χ2v) is 7.43. The Morgan fingerprint density at radius 2 is 2.04 bits per heavy atom. The number of nitrogens with zero attached hydrogens (tertiary/aromatic N) is 3. The smallest absolute Gasteiger partial charge is 0.315 e. The summed E-state index contributed by atoms with van der Waals surface area (Å²) < 4.78 is 11.7. The topological polar surface area (TPSA) is 80.9 Å². The van der Waals surface area contributed by atoms with E-state index in [2.05, 4.69) is 34.1 Å². The molecule has 3 atom stereocenters. The SMILES string of the molecule is NC(=O)N1CC2C[C@H]1CN2Cc1ccc([C@H]2COc3cccnc3O2)cc1. The molecule has 2 amide bonds. The number of primary amides is 1. The molecule has 2 aromatic rings. The van der Waals surface area contributed by atoms with Gasteiger partial charge in [-0.2, -0.15) is 0 Å². The van der Waals surface area contributed by atoms with Crippen LogP contribution in [0, 0.1) is 0 Å². The quantitative estimate of drug-likeness (QED) is 0.898. The van der Waals surface area contributed by atoms with E-state index in [1.54, 1.807) is 11.1 Å². The summed E-state index contributed by atoms with van der Waals surface area (Å²) in [6.45, 7) is 3.02. The molecule has 27 heavy (non-hydrogen) atoms. The minimum Gasteiger partial charge on any atom is -0.484 e. The van der Waals surface area contributed by atoms with E-state index in [1.165, 1.54) is 5.56 Å². The van der Waals surface area contributed by atoms with Gasteiger partial charge in [0.25, 0.3) is 5.88 Å². The number of aromatic nitrogens is 1. The molecule has 5 rings (SSSR count). The van der Waals surface area contributed by atoms with Crippen LogP contribution < -0.4 is 15.2 Å². The van der Waals surface area contributed by atoms with E-state index in [0.717, 1.165) is 31.6 Å². The molecule has 2 N–H and O–H groups in total. The van der Waals surface area contributed by atoms with Gasteiger partial charge in [0.1, 0.15) is 6.61 Å². The minimum absolute atomic E-state index is 0.145. The summed E-state index contributed by atoms with van der Waals surface area (Å²) in [5.41, 5.74) is 7.78. The Kier molecular flexibility index (Phi) is 3.89. The van der Waals surface area contributed by atoms with E-state index in [4.69, 9.17) is 15.2 Å². The van der Waals surface area contributed by atoms with Gasteiger partial charge in [0.15, 0.2) is 11.9 Å². The number of benzene rings is 1. The molecule has 7 heteroatoms. The predicted octanol–water partition coefficient (Wildman–Crippen LogP) is 1.93. The van der Waals surface area contributed by atoms with E-state index >= 15 is 0 Å². The Morgan fingerprint density at radius 1 is 1.19 bits per heavy atom. The summed E-state index contributed by atoms with van der Waals surface area (Å²) in [4.78, 5) is 19.9. The van der Waals surface area contributed by atoms with E-state index in [0.29, 0.717) is 24.3 Å². The first-order valence-electron chi connectivity index (χ1n) is 9.31. The van der Waals surface area contributed by atoms with Crippen LogP contribution in [0.15, 0.2) is 42.6 Å². The van der Waals surface area contributed by atoms with Crippen LogP contribution >= 0.6 is 0 Å². The lowest BCUT2D eigenvalue weighted by Gasteiger charge is -2.33. The van der Waals surface area contributed by atoms with Gasteiger partial charge in [-0.05, 0) is 29.7 Å². The van der Waals surface area contributed by atoms with Gasteiger partial charge in [-0.1, -0.05) is 24.3 Å². The zero-order valence-electron chi connectivity index (χ0n) is 15.0. The number of ether oxygens (including phenoxy) is 2. The first-order valence-corrected chi connectivity index (χ1v) is 9.31. The number of rotatable bonds is 3. The maximum absolute atomic E-state index is 11.4. The van der Waals surface area contributed by atoms with Gasteiger partial charge in [0.05, 0.1) is 0 Å². The molecule has 1 unspecified atom stereocenters. The summed E-state index contributed by atoms with van der Waals surface area (Å²) in [5.74, 6) is 1.24. The van der Waals surface area contributed by atoms with Crippen LogP contribution in [0.2, 0.25) is 0 Å². The van der Waals surface area contributed by atoms with Gasteiger partial charge in [-0.15, -0.1) is 0 Å². The Balaban J connectivity index is 1.23. The van der Waals surface area contributed by atoms with Crippen LogP contribution in [0.4, 0.5) is 4.79 Å². The Bertz CT molecular complexity index is 857. The van der Waals surface area contributed by atoms with Gasteiger partial charge in [-0.3, -0.25) is 4.90 Å². The third-order valence-electron chi connectivity index (χ3n) is 5.75. The van der Waals surface area contributed by atoms with Crippen molar-refractivity contribution in [1.82, 2.24) is 14.8 Å². The van der Waals surface area contributed by atoms with Crippen molar-refractivity contribution in [2.24, 2.45) is 5.73 Å². The zero-order valence-corrected chi connectivity index (χ0v) is 15.0. The standard InChI is InChI=1S/C20H22N4O3/c21-20(25)24-11-15-8-16(24)10-23(15)9-13-3-5-14(6-4-13)18-12-26-17-2-1-7-22-19(17)27-18/h1-7,15-16,18H,8-12H2,(H2,21,25)/t15?,16-,18+/m0/s1. The van der Waals surface area contributed by atoms with Crippen molar-refractivity contribution in [3.05, 3.63) is 53.7 Å². The fourth-order valence-corrected chi connectivity index (χ4v) is 4.36. The van der Waals surface area contributed by atoms with E-state index in [-0.39, 0.29) is 18.2 Å². The van der Waals surface area contributed by atoms with Gasteiger partial charge < -0.3 is 20.1 Å². The highest BCUT2D eigenvalue weighted by Crippen LogP contribution is 2.34. The minimum atomic E-state index is -0.294. The average molecular weight is 366 g/mol. The molecule has 4 heterocycles. The molecule has 140 valence electrons. The molecule has 3 aliphatic heterocycles. The average Bonchev–Trinajstić information content (AvgIpc) is 3.29. The lowest BCUT2D eigenvalue weighted by atomic mass is 10.1. The molecule has 0 radical (unpaired) electrons. The molecule has 3 aliphatic rings. The lowest BCUT2D eigenvalue weighted by Crippen LogP contribution is -2.50. The second kappa shape index (κ2) is 6.42. The Morgan fingerprint density at radius 3 is 2.78 bits per heavy atom. The van der Waals surface area contributed by atoms with Crippen molar-refractivity contribution in [3.63, 3.8) is 0 Å². The summed E-state index contributed by atoms with van der Waals surface area (Å²) >= 11 is 0. The number of hydrogen-bond donors (Lipinski definition) is 1. The largest absolute Gasteiger partial charge is 0.484 e. The molecule has 0 aliphatic carbocycles. The first kappa shape index (κ1) is 16.4. The molecule has 1 aromatic carbocycles. The molecule has 1 aromatic heterocycles. The second-order valence-electron chi connectivity index (χ2n) is 7.43. The number of nitrogens with two attached hydrogens (primary N) is 1. The molecular weight excluding hydrogens is 344 g/mol. The highest BCUT2D eigenvalue weighted by molar-refractivity contribution is 5.73. The summed E-state index contributed by atoms with van der Waals surface area (Å²) in [5, 5.41) is 0. The molecule has 2 fully saturated rings. The van der Waals surface area contributed by atoms with Gasteiger partial charge in [0, 0.05) is 37.9 Å². The highest BCUT2D eigenvalue weighted by atomic mass is 16.6. The third-order valence-corrected chi connectivity index (χ3v) is 5.75. The number of carbonyl (C=O) groups excluding carboxylic acids is 1. The van der Waals surface area contributed by atoms with Gasteiger partial charge >= 0.3 is 6.03 Å². The number of hydrogen-bond acceptors (Lipinski definition) is 5. The molecule has 7 nitrogen and oxygen atoms in total. The lowest BCUT2D eigenvalue weighted by molar-refractivity contribution is 0.0850. The van der Waals surface area contributed by atoms with Crippen molar-refractivity contribution in [1.29, 1.82) is 0 Å². The monoisotopic (exact) mass is 366 g/mol. The molecular formula is C20H22N4O3. The molecule has 0 spiro atoms. The maximum Gasteiger partial charge on any atom is 0.315 e. The fraction of sp³-hybridized carbons (Fsp3) is 0.400. The molecule has 2 bridgehead atoms. The van der Waals surface area contributed by atoms with Crippen molar-refractivity contribution in [2.75, 3.05) is 19.7 Å². The number of likely N-dealkylation sites (tertiary alicyclic amines) is 2. The fourth-order valence-electron chi connectivity index (χ4n) is 4.36. The van der Waals surface area contributed by atoms with Crippen molar-refractivity contribution < 1.29 is 14.3 Å². The number of carbonyl (C=O) groups is 1. The van der Waals surface area contributed by atoms with Crippen LogP contribution in [-0.4, -0.2) is 52.6 Å².